The van der Waals surface area contributed by atoms with E-state index in [0.717, 1.165) is 66.2 Å². The fourth-order valence-electron chi connectivity index (χ4n) is 8.56. The molecule has 8 aromatic rings. The summed E-state index contributed by atoms with van der Waals surface area (Å²) in [6.45, 7) is 9.46. The Labute approximate surface area is 412 Å². The van der Waals surface area contributed by atoms with Gasteiger partial charge in [-0.1, -0.05) is 31.7 Å². The van der Waals surface area contributed by atoms with Crippen LogP contribution in [0.15, 0.2) is 97.6 Å². The number of ether oxygens (including phenoxy) is 3. The molecule has 1 aliphatic heterocycles. The summed E-state index contributed by atoms with van der Waals surface area (Å²) in [5.74, 6) is 0.379. The zero-order chi connectivity index (χ0) is 49.7. The Morgan fingerprint density at radius 2 is 1.13 bits per heavy atom. The molecular weight excluding hydrogens is 905 g/mol. The Bertz CT molecular complexity index is 3120. The van der Waals surface area contributed by atoms with Gasteiger partial charge in [0.2, 0.25) is 0 Å². The van der Waals surface area contributed by atoms with Crippen LogP contribution in [0.3, 0.4) is 0 Å². The average molecular weight is 969 g/mol. The lowest BCUT2D eigenvalue weighted by molar-refractivity contribution is -0.0415. The van der Waals surface area contributed by atoms with Crippen molar-refractivity contribution in [2.24, 2.45) is 11.8 Å². The summed E-state index contributed by atoms with van der Waals surface area (Å²) in [5, 5.41) is 42.9. The quantitative estimate of drug-likeness (QED) is 0.0847. The van der Waals surface area contributed by atoms with Crippen molar-refractivity contribution in [2.45, 2.75) is 96.9 Å². The largest absolute Gasteiger partial charge is 0.495 e. The van der Waals surface area contributed by atoms with Crippen molar-refractivity contribution >= 4 is 67.1 Å². The van der Waals surface area contributed by atoms with E-state index >= 15 is 0 Å². The maximum atomic E-state index is 12.8. The Balaban J connectivity index is 0.000000161. The van der Waals surface area contributed by atoms with Gasteiger partial charge in [0.25, 0.3) is 5.91 Å². The number of carbonyl (C=O) groups is 2. The van der Waals surface area contributed by atoms with Crippen molar-refractivity contribution in [3.05, 3.63) is 109 Å². The first-order valence-electron chi connectivity index (χ1n) is 23.4. The normalized spacial score (nSPS) is 18.3. The first kappa shape index (κ1) is 51.6. The topological polar surface area (TPSA) is 248 Å². The van der Waals surface area contributed by atoms with Gasteiger partial charge >= 0.3 is 5.97 Å². The van der Waals surface area contributed by atoms with Gasteiger partial charge < -0.3 is 40.6 Å². The molecule has 0 spiro atoms. The Hall–Kier alpha value is -7.28. The lowest BCUT2D eigenvalue weighted by Gasteiger charge is -2.42. The van der Waals surface area contributed by atoms with Crippen LogP contribution in [0, 0.1) is 11.8 Å². The van der Waals surface area contributed by atoms with Crippen LogP contribution in [0.2, 0.25) is 0 Å². The third-order valence-corrected chi connectivity index (χ3v) is 13.1. The minimum Gasteiger partial charge on any atom is -0.495 e. The molecule has 374 valence electrons. The number of hydrogen-bond acceptors (Lipinski definition) is 14. The van der Waals surface area contributed by atoms with Crippen LogP contribution in [0.4, 0.5) is 11.4 Å². The van der Waals surface area contributed by atoms with Crippen LogP contribution >= 0.6 is 0 Å². The predicted octanol–water partition coefficient (Wildman–Crippen LogP) is 9.07. The van der Waals surface area contributed by atoms with Crippen LogP contribution in [-0.4, -0.2) is 105 Å². The highest BCUT2D eigenvalue weighted by Gasteiger charge is 2.41. The van der Waals surface area contributed by atoms with E-state index in [0.29, 0.717) is 51.4 Å². The first-order chi connectivity index (χ1) is 33.5. The Morgan fingerprint density at radius 3 is 1.58 bits per heavy atom. The summed E-state index contributed by atoms with van der Waals surface area (Å²) in [6, 6.07) is 22.6. The van der Waals surface area contributed by atoms with E-state index in [4.69, 9.17) is 30.1 Å². The lowest BCUT2D eigenvalue weighted by Crippen LogP contribution is -2.41. The van der Waals surface area contributed by atoms with Crippen LogP contribution in [-0.2, 0) is 4.74 Å². The number of nitrogens with one attached hydrogen (secondary N) is 1. The standard InChI is InChI=1S/C24H25N5O3.C15H21N3O2.C9H6N2O2.C4H8O.CH4/c1-24(2,31)15-9-16(10-15)29-13-14-8-20(22(32-3)11-19(14)28-29)27-23(30)21-12-25-17-6-4-5-7-18(17)26-21;1-15(2,19)10-5-11(6-10)18-8-9-4-12(16)14(20-3)7-13(9)17-18;12-9(13)8-5-10-6-3-1-2-4-7(6)11-8;1-2-4-5-3-1;/h4-8,11-13,15-16,31H,9-10H2,1-3H3,(H,27,30);4,7-8,10-11,19H,5-6,16H2,1-3H3;1-5H,(H,12,13);1-4H2;1H4. The molecule has 1 saturated heterocycles. The summed E-state index contributed by atoms with van der Waals surface area (Å²) in [7, 11) is 3.16. The molecule has 18 nitrogen and oxygen atoms in total. The summed E-state index contributed by atoms with van der Waals surface area (Å²) in [6.07, 6.45) is 13.0. The van der Waals surface area contributed by atoms with Gasteiger partial charge in [0.05, 0.1) is 94.4 Å². The highest BCUT2D eigenvalue weighted by Crippen LogP contribution is 2.45. The number of hydrogen-bond donors (Lipinski definition) is 5. The van der Waals surface area contributed by atoms with E-state index in [1.807, 2.05) is 104 Å². The van der Waals surface area contributed by atoms with Gasteiger partial charge in [0.15, 0.2) is 5.69 Å². The van der Waals surface area contributed by atoms with Crippen LogP contribution in [0.25, 0.3) is 43.9 Å². The van der Waals surface area contributed by atoms with E-state index in [2.05, 4.69) is 30.4 Å². The number of carboxylic acid groups (broad SMARTS) is 1. The number of carboxylic acids is 1. The zero-order valence-corrected chi connectivity index (χ0v) is 40.2. The summed E-state index contributed by atoms with van der Waals surface area (Å²) in [5.41, 5.74) is 10.4. The number of anilines is 2. The van der Waals surface area contributed by atoms with Crippen molar-refractivity contribution in [1.29, 1.82) is 0 Å². The third-order valence-electron chi connectivity index (χ3n) is 13.1. The Kier molecular flexibility index (Phi) is 15.8. The molecule has 3 aliphatic rings. The molecule has 2 aliphatic carbocycles. The fourth-order valence-corrected chi connectivity index (χ4v) is 8.56. The highest BCUT2D eigenvalue weighted by molar-refractivity contribution is 6.05. The summed E-state index contributed by atoms with van der Waals surface area (Å²) >= 11 is 0. The molecule has 18 heteroatoms. The number of nitrogen functional groups attached to an aromatic ring is 1. The van der Waals surface area contributed by atoms with E-state index < -0.39 is 17.2 Å². The lowest BCUT2D eigenvalue weighted by atomic mass is 9.71. The fraction of sp³-hybridized carbons (Fsp3) is 0.396. The summed E-state index contributed by atoms with van der Waals surface area (Å²) < 4.78 is 19.6. The van der Waals surface area contributed by atoms with Gasteiger partial charge in [-0.3, -0.25) is 24.1 Å². The molecule has 6 N–H and O–H groups in total. The van der Waals surface area contributed by atoms with Crippen molar-refractivity contribution in [2.75, 3.05) is 38.5 Å². The maximum absolute atomic E-state index is 12.8. The van der Waals surface area contributed by atoms with Crippen molar-refractivity contribution < 1.29 is 39.1 Å². The zero-order valence-electron chi connectivity index (χ0n) is 40.2. The Morgan fingerprint density at radius 1 is 0.676 bits per heavy atom. The van der Waals surface area contributed by atoms with E-state index in [-0.39, 0.29) is 36.7 Å². The number of fused-ring (bicyclic) bond motifs is 4. The molecule has 4 aromatic heterocycles. The van der Waals surface area contributed by atoms with Gasteiger partial charge in [0, 0.05) is 48.5 Å². The molecule has 11 rings (SSSR count). The number of nitrogens with two attached hydrogens (primary N) is 1. The smallest absolute Gasteiger partial charge is 0.356 e. The molecule has 5 heterocycles. The molecule has 1 amide bonds. The molecule has 0 bridgehead atoms. The molecule has 0 atom stereocenters. The predicted molar refractivity (Wildman–Crippen MR) is 274 cm³/mol. The van der Waals surface area contributed by atoms with E-state index in [1.54, 1.807) is 32.4 Å². The number of rotatable bonds is 9. The molecule has 0 unspecified atom stereocenters. The van der Waals surface area contributed by atoms with E-state index in [9.17, 15) is 19.8 Å². The second-order valence-electron chi connectivity index (χ2n) is 19.0. The van der Waals surface area contributed by atoms with Gasteiger partial charge in [-0.05, 0) is 114 Å². The number of aromatic nitrogens is 8. The monoisotopic (exact) mass is 968 g/mol. The van der Waals surface area contributed by atoms with Gasteiger partial charge in [-0.15, -0.1) is 0 Å². The molecule has 3 fully saturated rings. The minimum atomic E-state index is -1.06. The number of aliphatic hydroxyl groups is 2. The van der Waals surface area contributed by atoms with E-state index in [1.165, 1.54) is 25.2 Å². The number of methoxy groups -OCH3 is 2. The summed E-state index contributed by atoms with van der Waals surface area (Å²) in [4.78, 5) is 40.0. The van der Waals surface area contributed by atoms with Gasteiger partial charge in [-0.25, -0.2) is 14.8 Å². The highest BCUT2D eigenvalue weighted by atomic mass is 16.5. The molecule has 71 heavy (non-hydrogen) atoms. The second-order valence-corrected chi connectivity index (χ2v) is 19.0. The number of para-hydroxylation sites is 4. The number of amides is 1. The third kappa shape index (κ3) is 12.2. The van der Waals surface area contributed by atoms with Gasteiger partial charge in [0.1, 0.15) is 17.2 Å². The van der Waals surface area contributed by atoms with Crippen LogP contribution < -0.4 is 20.5 Å². The number of carbonyl (C=O) groups excluding carboxylic acids is 1. The van der Waals surface area contributed by atoms with Crippen LogP contribution in [0.5, 0.6) is 11.5 Å². The molecular formula is C53H64N10O8. The molecule has 0 radical (unpaired) electrons. The van der Waals surface area contributed by atoms with Crippen molar-refractivity contribution in [3.63, 3.8) is 0 Å². The first-order valence-corrected chi connectivity index (χ1v) is 23.4. The van der Waals surface area contributed by atoms with Crippen molar-refractivity contribution in [1.82, 2.24) is 39.5 Å². The number of nitrogens with zero attached hydrogens (tertiary/aromatic N) is 8. The average Bonchev–Trinajstić information content (AvgIpc) is 4.09. The second kappa shape index (κ2) is 21.8. The SMILES string of the molecule is C.C1CCOC1.COc1cc2nn(C3CC(C(C)(C)O)C3)cc2cc1N.COc1cc2nn(C3CC(C(C)(C)O)C3)cc2cc1NC(=O)c1cnc2ccccc2n1.O=C(O)c1cnc2ccccc2n1. The van der Waals surface area contributed by atoms with Crippen LogP contribution in [0.1, 0.15) is 107 Å². The number of benzene rings is 4. The number of aromatic carboxylic acids is 1. The molecule has 4 aromatic carbocycles. The minimum absolute atomic E-state index is 0. The van der Waals surface area contributed by atoms with Gasteiger partial charge in [-0.2, -0.15) is 10.2 Å². The molecule has 2 saturated carbocycles. The van der Waals surface area contributed by atoms with Crippen molar-refractivity contribution in [3.8, 4) is 11.5 Å². The maximum Gasteiger partial charge on any atom is 0.356 e.